The second-order valence-corrected chi connectivity index (χ2v) is 10.1. The number of rotatable bonds is 6. The lowest BCUT2D eigenvalue weighted by atomic mass is 10.2. The van der Waals surface area contributed by atoms with Gasteiger partial charge in [-0.1, -0.05) is 43.0 Å². The topological polar surface area (TPSA) is 85.2 Å². The number of nitrogens with zero attached hydrogens (tertiary/aromatic N) is 3. The normalized spacial score (nSPS) is 17.0. The molecule has 1 aromatic carbocycles. The Morgan fingerprint density at radius 2 is 2.03 bits per heavy atom. The van der Waals surface area contributed by atoms with E-state index in [1.54, 1.807) is 23.2 Å². The highest BCUT2D eigenvalue weighted by molar-refractivity contribution is 8.26. The van der Waals surface area contributed by atoms with Crippen molar-refractivity contribution < 1.29 is 14.3 Å². The van der Waals surface area contributed by atoms with Gasteiger partial charge in [0, 0.05) is 18.8 Å². The molecule has 1 fully saturated rings. The van der Waals surface area contributed by atoms with Crippen LogP contribution in [0.15, 0.2) is 46.2 Å². The molecule has 1 amide bonds. The van der Waals surface area contributed by atoms with E-state index in [0.29, 0.717) is 44.3 Å². The van der Waals surface area contributed by atoms with Crippen LogP contribution in [0.4, 0.5) is 5.82 Å². The number of nitrogens with one attached hydrogen (secondary N) is 1. The highest BCUT2D eigenvalue weighted by atomic mass is 32.2. The van der Waals surface area contributed by atoms with Crippen molar-refractivity contribution >= 4 is 51.7 Å². The Kier molecular flexibility index (Phi) is 6.24. The first-order valence-corrected chi connectivity index (χ1v) is 12.5. The fourth-order valence-corrected chi connectivity index (χ4v) is 5.38. The number of aromatic nitrogens is 2. The van der Waals surface area contributed by atoms with E-state index < -0.39 is 0 Å². The van der Waals surface area contributed by atoms with Gasteiger partial charge >= 0.3 is 0 Å². The summed E-state index contributed by atoms with van der Waals surface area (Å²) in [5.74, 6) is 1.59. The van der Waals surface area contributed by atoms with Crippen LogP contribution in [0, 0.1) is 6.92 Å². The highest BCUT2D eigenvalue weighted by Gasteiger charge is 2.35. The Labute approximate surface area is 211 Å². The Morgan fingerprint density at radius 1 is 1.23 bits per heavy atom. The predicted octanol–water partition coefficient (Wildman–Crippen LogP) is 4.34. The lowest BCUT2D eigenvalue weighted by Gasteiger charge is -2.21. The van der Waals surface area contributed by atoms with Crippen molar-refractivity contribution in [2.24, 2.45) is 0 Å². The minimum absolute atomic E-state index is 0.0181. The Balaban J connectivity index is 1.55. The van der Waals surface area contributed by atoms with E-state index in [2.05, 4.69) is 5.32 Å². The lowest BCUT2D eigenvalue weighted by molar-refractivity contribution is -0.123. The average molecular weight is 509 g/mol. The maximum Gasteiger partial charge on any atom is 0.267 e. The molecule has 0 spiro atoms. The molecule has 1 unspecified atom stereocenters. The third-order valence-electron chi connectivity index (χ3n) is 6.03. The second-order valence-electron chi connectivity index (χ2n) is 8.46. The van der Waals surface area contributed by atoms with Crippen LogP contribution in [-0.2, 0) is 11.3 Å². The average Bonchev–Trinajstić information content (AvgIpc) is 3.42. The van der Waals surface area contributed by atoms with E-state index in [4.69, 9.17) is 26.7 Å². The van der Waals surface area contributed by atoms with Gasteiger partial charge < -0.3 is 14.8 Å². The molecule has 8 nitrogen and oxygen atoms in total. The van der Waals surface area contributed by atoms with Gasteiger partial charge in [0.05, 0.1) is 10.5 Å². The van der Waals surface area contributed by atoms with Crippen LogP contribution in [-0.4, -0.2) is 37.3 Å². The van der Waals surface area contributed by atoms with E-state index in [0.717, 1.165) is 17.5 Å². The Hall–Kier alpha value is -3.37. The van der Waals surface area contributed by atoms with E-state index >= 15 is 0 Å². The van der Waals surface area contributed by atoms with Gasteiger partial charge in [0.25, 0.3) is 11.5 Å². The highest BCUT2D eigenvalue weighted by Crippen LogP contribution is 2.35. The summed E-state index contributed by atoms with van der Waals surface area (Å²) in [5.41, 5.74) is 2.42. The molecular formula is C25H24N4O4S2. The fourth-order valence-electron chi connectivity index (χ4n) is 3.93. The molecule has 2 aliphatic heterocycles. The SMILES string of the molecule is CCC(C)N1C(=O)/C(=C/c2c(NCc3ccc4c(c3)OCO4)nc3ccc(C)cn3c2=O)SC1=S. The van der Waals surface area contributed by atoms with Gasteiger partial charge in [0.15, 0.2) is 11.5 Å². The van der Waals surface area contributed by atoms with Gasteiger partial charge in [0.2, 0.25) is 6.79 Å². The number of amides is 1. The minimum Gasteiger partial charge on any atom is -0.454 e. The summed E-state index contributed by atoms with van der Waals surface area (Å²) in [6.07, 6.45) is 4.13. The van der Waals surface area contributed by atoms with Crippen molar-refractivity contribution in [1.29, 1.82) is 0 Å². The van der Waals surface area contributed by atoms with Crippen LogP contribution in [0.3, 0.4) is 0 Å². The largest absolute Gasteiger partial charge is 0.454 e. The maximum absolute atomic E-state index is 13.5. The first kappa shape index (κ1) is 23.4. The Morgan fingerprint density at radius 3 is 2.83 bits per heavy atom. The number of fused-ring (bicyclic) bond motifs is 2. The molecule has 35 heavy (non-hydrogen) atoms. The zero-order valence-corrected chi connectivity index (χ0v) is 21.2. The van der Waals surface area contributed by atoms with Crippen LogP contribution in [0.1, 0.15) is 37.0 Å². The molecule has 10 heteroatoms. The summed E-state index contributed by atoms with van der Waals surface area (Å²) >= 11 is 6.67. The van der Waals surface area contributed by atoms with E-state index in [1.165, 1.54) is 16.2 Å². The maximum atomic E-state index is 13.5. The van der Waals surface area contributed by atoms with Crippen LogP contribution < -0.4 is 20.3 Å². The van der Waals surface area contributed by atoms with E-state index in [1.807, 2.05) is 45.0 Å². The number of carbonyl (C=O) groups is 1. The number of ether oxygens (including phenoxy) is 2. The number of carbonyl (C=O) groups excluding carboxylic acids is 1. The first-order chi connectivity index (χ1) is 16.9. The number of anilines is 1. The number of aryl methyl sites for hydroxylation is 1. The molecule has 2 aliphatic rings. The number of pyridine rings is 1. The van der Waals surface area contributed by atoms with Crippen molar-refractivity contribution in [2.45, 2.75) is 39.8 Å². The molecule has 1 saturated heterocycles. The molecule has 1 N–H and O–H groups in total. The second kappa shape index (κ2) is 9.35. The molecule has 4 heterocycles. The monoisotopic (exact) mass is 508 g/mol. The number of benzene rings is 1. The van der Waals surface area contributed by atoms with Crippen LogP contribution in [0.5, 0.6) is 11.5 Å². The van der Waals surface area contributed by atoms with Crippen molar-refractivity contribution in [3.63, 3.8) is 0 Å². The van der Waals surface area contributed by atoms with Crippen LogP contribution in [0.25, 0.3) is 11.7 Å². The lowest BCUT2D eigenvalue weighted by Crippen LogP contribution is -2.36. The summed E-state index contributed by atoms with van der Waals surface area (Å²) in [5, 5.41) is 3.28. The quantitative estimate of drug-likeness (QED) is 0.389. The summed E-state index contributed by atoms with van der Waals surface area (Å²) in [4.78, 5) is 33.4. The molecule has 5 rings (SSSR count). The van der Waals surface area contributed by atoms with Gasteiger partial charge in [0.1, 0.15) is 15.8 Å². The Bertz CT molecular complexity index is 1450. The molecule has 0 radical (unpaired) electrons. The van der Waals surface area contributed by atoms with Crippen molar-refractivity contribution in [1.82, 2.24) is 14.3 Å². The minimum atomic E-state index is -0.263. The van der Waals surface area contributed by atoms with Crippen LogP contribution >= 0.6 is 24.0 Å². The number of thiocarbonyl (C=S) groups is 1. The fraction of sp³-hybridized carbons (Fsp3) is 0.280. The zero-order chi connectivity index (χ0) is 24.7. The van der Waals surface area contributed by atoms with E-state index in [9.17, 15) is 9.59 Å². The predicted molar refractivity (Wildman–Crippen MR) is 141 cm³/mol. The van der Waals surface area contributed by atoms with Gasteiger partial charge in [-0.3, -0.25) is 18.9 Å². The summed E-state index contributed by atoms with van der Waals surface area (Å²) in [6.45, 7) is 6.48. The van der Waals surface area contributed by atoms with Crippen molar-refractivity contribution in [3.05, 3.63) is 68.5 Å². The molecular weight excluding hydrogens is 484 g/mol. The molecule has 0 saturated carbocycles. The van der Waals surface area contributed by atoms with Gasteiger partial charge in [-0.2, -0.15) is 0 Å². The van der Waals surface area contributed by atoms with Crippen molar-refractivity contribution in [2.75, 3.05) is 12.1 Å². The molecule has 0 aliphatic carbocycles. The standard InChI is InChI=1S/C25H24N4O4S2/c1-4-15(3)29-24(31)20(35-25(29)34)10-17-22(27-21-8-5-14(2)12-28(21)23(17)30)26-11-16-6-7-18-19(9-16)33-13-32-18/h5-10,12,15,26H,4,11,13H2,1-3H3/b20-10-. The number of hydrogen-bond donors (Lipinski definition) is 1. The molecule has 0 bridgehead atoms. The number of hydrogen-bond acceptors (Lipinski definition) is 8. The molecule has 3 aromatic rings. The number of thioether (sulfide) groups is 1. The van der Waals surface area contributed by atoms with E-state index in [-0.39, 0.29) is 24.3 Å². The summed E-state index contributed by atoms with van der Waals surface area (Å²) in [6, 6.07) is 9.36. The third-order valence-corrected chi connectivity index (χ3v) is 7.36. The third kappa shape index (κ3) is 4.39. The zero-order valence-electron chi connectivity index (χ0n) is 19.5. The summed E-state index contributed by atoms with van der Waals surface area (Å²) in [7, 11) is 0. The van der Waals surface area contributed by atoms with Crippen LogP contribution in [0.2, 0.25) is 0 Å². The first-order valence-electron chi connectivity index (χ1n) is 11.3. The molecule has 180 valence electrons. The van der Waals surface area contributed by atoms with Crippen molar-refractivity contribution in [3.8, 4) is 11.5 Å². The molecule has 2 aromatic heterocycles. The van der Waals surface area contributed by atoms with Gasteiger partial charge in [-0.25, -0.2) is 4.98 Å². The van der Waals surface area contributed by atoms with Gasteiger partial charge in [-0.05, 0) is 55.7 Å². The van der Waals surface area contributed by atoms with Gasteiger partial charge in [-0.15, -0.1) is 0 Å². The molecule has 1 atom stereocenters. The summed E-state index contributed by atoms with van der Waals surface area (Å²) < 4.78 is 12.8. The smallest absolute Gasteiger partial charge is 0.267 e.